The summed E-state index contributed by atoms with van der Waals surface area (Å²) in [4.78, 5) is 4.98. The smallest absolute Gasteiger partial charge is 0.108 e. The Hall–Kier alpha value is -0.120. The molecule has 1 aliphatic rings. The van der Waals surface area contributed by atoms with Gasteiger partial charge in [-0.25, -0.2) is 4.84 Å². The Balaban J connectivity index is 2.13. The monoisotopic (exact) mass is 159 g/mol. The van der Waals surface area contributed by atoms with Gasteiger partial charge in [0.05, 0.1) is 7.11 Å². The molecular weight excluding hydrogens is 142 g/mol. The zero-order valence-corrected chi connectivity index (χ0v) is 7.14. The zero-order valence-electron chi connectivity index (χ0n) is 7.14. The SMILES string of the molecule is [CH2-][NH+](CC1CCCCO1)OC. The van der Waals surface area contributed by atoms with E-state index >= 15 is 0 Å². The number of hydrogen-bond acceptors (Lipinski definition) is 2. The van der Waals surface area contributed by atoms with Crippen LogP contribution in [0, 0.1) is 7.05 Å². The Labute approximate surface area is 68.2 Å². The van der Waals surface area contributed by atoms with Crippen molar-refractivity contribution in [1.29, 1.82) is 0 Å². The van der Waals surface area contributed by atoms with Crippen LogP contribution in [0.2, 0.25) is 0 Å². The molecule has 66 valence electrons. The second-order valence-electron chi connectivity index (χ2n) is 2.94. The molecule has 0 aliphatic carbocycles. The Kier molecular flexibility index (Phi) is 3.83. The molecule has 1 aliphatic heterocycles. The summed E-state index contributed by atoms with van der Waals surface area (Å²) in [7, 11) is 5.42. The first-order chi connectivity index (χ1) is 5.33. The van der Waals surface area contributed by atoms with Gasteiger partial charge in [0.1, 0.15) is 12.6 Å². The van der Waals surface area contributed by atoms with Gasteiger partial charge in [-0.05, 0) is 19.3 Å². The van der Waals surface area contributed by atoms with Gasteiger partial charge in [-0.3, -0.25) is 0 Å². The lowest BCUT2D eigenvalue weighted by molar-refractivity contribution is -1.05. The van der Waals surface area contributed by atoms with Crippen molar-refractivity contribution in [2.45, 2.75) is 25.4 Å². The van der Waals surface area contributed by atoms with Gasteiger partial charge in [-0.1, -0.05) is 0 Å². The summed E-state index contributed by atoms with van der Waals surface area (Å²) in [5.41, 5.74) is 0. The second kappa shape index (κ2) is 4.70. The van der Waals surface area contributed by atoms with Crippen LogP contribution in [0.15, 0.2) is 0 Å². The molecule has 0 aromatic heterocycles. The van der Waals surface area contributed by atoms with E-state index in [4.69, 9.17) is 9.57 Å². The van der Waals surface area contributed by atoms with Crippen molar-refractivity contribution in [1.82, 2.24) is 0 Å². The van der Waals surface area contributed by atoms with Crippen LogP contribution in [-0.2, 0) is 9.57 Å². The van der Waals surface area contributed by atoms with Gasteiger partial charge in [0, 0.05) is 6.61 Å². The van der Waals surface area contributed by atoms with Crippen LogP contribution < -0.4 is 5.06 Å². The van der Waals surface area contributed by atoms with Gasteiger partial charge in [-0.15, -0.1) is 7.05 Å². The maximum absolute atomic E-state index is 5.51. The third-order valence-electron chi connectivity index (χ3n) is 2.02. The summed E-state index contributed by atoms with van der Waals surface area (Å²) >= 11 is 0. The number of ether oxygens (including phenoxy) is 1. The molecule has 2 atom stereocenters. The number of hydrogen-bond donors (Lipinski definition) is 1. The van der Waals surface area contributed by atoms with E-state index in [-0.39, 0.29) is 0 Å². The topological polar surface area (TPSA) is 22.9 Å². The highest BCUT2D eigenvalue weighted by Gasteiger charge is 2.16. The molecule has 0 amide bonds. The Morgan fingerprint density at radius 2 is 2.45 bits per heavy atom. The van der Waals surface area contributed by atoms with E-state index in [0.717, 1.165) is 24.6 Å². The minimum atomic E-state index is 0.358. The number of rotatable bonds is 3. The first-order valence-electron chi connectivity index (χ1n) is 4.16. The lowest BCUT2D eigenvalue weighted by Crippen LogP contribution is -3.06. The molecule has 2 unspecified atom stereocenters. The molecule has 0 bridgehead atoms. The first-order valence-corrected chi connectivity index (χ1v) is 4.16. The highest BCUT2D eigenvalue weighted by atomic mass is 16.7. The van der Waals surface area contributed by atoms with E-state index in [1.807, 2.05) is 0 Å². The molecule has 1 saturated heterocycles. The van der Waals surface area contributed by atoms with Crippen molar-refractivity contribution in [3.05, 3.63) is 7.05 Å². The van der Waals surface area contributed by atoms with Crippen LogP contribution in [0.4, 0.5) is 0 Å². The van der Waals surface area contributed by atoms with Crippen molar-refractivity contribution in [2.24, 2.45) is 0 Å². The molecule has 0 aromatic rings. The summed E-state index contributed by atoms with van der Waals surface area (Å²) in [6.45, 7) is 1.76. The third-order valence-corrected chi connectivity index (χ3v) is 2.02. The van der Waals surface area contributed by atoms with Crippen LogP contribution in [-0.4, -0.2) is 26.4 Å². The summed E-state index contributed by atoms with van der Waals surface area (Å²) < 4.78 is 5.51. The van der Waals surface area contributed by atoms with Crippen molar-refractivity contribution in [2.75, 3.05) is 20.3 Å². The van der Waals surface area contributed by atoms with Gasteiger partial charge in [0.25, 0.3) is 0 Å². The van der Waals surface area contributed by atoms with Crippen molar-refractivity contribution >= 4 is 0 Å². The lowest BCUT2D eigenvalue weighted by atomic mass is 10.1. The van der Waals surface area contributed by atoms with Crippen molar-refractivity contribution in [3.63, 3.8) is 0 Å². The molecule has 0 radical (unpaired) electrons. The minimum absolute atomic E-state index is 0.358. The van der Waals surface area contributed by atoms with E-state index in [0.29, 0.717) is 6.10 Å². The van der Waals surface area contributed by atoms with Crippen molar-refractivity contribution in [3.8, 4) is 0 Å². The lowest BCUT2D eigenvalue weighted by Gasteiger charge is -2.26. The standard InChI is InChI=1S/C8H17NO2/c1-9(10-2)7-8-5-3-4-6-11-8/h8-9H,1,3-7H2,2H3. The Bertz CT molecular complexity index is 102. The fourth-order valence-corrected chi connectivity index (χ4v) is 1.31. The summed E-state index contributed by atoms with van der Waals surface area (Å²) in [5, 5.41) is 0.830. The third kappa shape index (κ3) is 3.18. The summed E-state index contributed by atoms with van der Waals surface area (Å²) in [6.07, 6.45) is 4.00. The maximum Gasteiger partial charge on any atom is 0.108 e. The van der Waals surface area contributed by atoms with E-state index < -0.39 is 0 Å². The average molecular weight is 159 g/mol. The van der Waals surface area contributed by atoms with E-state index in [9.17, 15) is 0 Å². The van der Waals surface area contributed by atoms with Gasteiger partial charge in [-0.2, -0.15) is 0 Å². The molecule has 1 heterocycles. The second-order valence-corrected chi connectivity index (χ2v) is 2.94. The molecular formula is C8H17NO2. The quantitative estimate of drug-likeness (QED) is 0.455. The fraction of sp³-hybridized carbons (Fsp3) is 0.875. The average Bonchev–Trinajstić information content (AvgIpc) is 2.06. The van der Waals surface area contributed by atoms with Crippen LogP contribution >= 0.6 is 0 Å². The fourth-order valence-electron chi connectivity index (χ4n) is 1.31. The first kappa shape index (κ1) is 8.97. The Morgan fingerprint density at radius 3 is 3.00 bits per heavy atom. The van der Waals surface area contributed by atoms with Crippen molar-refractivity contribution < 1.29 is 14.6 Å². The molecule has 1 rings (SSSR count). The molecule has 0 spiro atoms. The molecule has 3 nitrogen and oxygen atoms in total. The van der Waals surface area contributed by atoms with Crippen LogP contribution in [0.3, 0.4) is 0 Å². The molecule has 0 saturated carbocycles. The predicted molar refractivity (Wildman–Crippen MR) is 41.8 cm³/mol. The summed E-state index contributed by atoms with van der Waals surface area (Å²) in [5.74, 6) is 0. The van der Waals surface area contributed by atoms with E-state index in [2.05, 4.69) is 7.05 Å². The number of nitrogens with one attached hydrogen (secondary N) is 1. The molecule has 3 heteroatoms. The normalized spacial score (nSPS) is 28.4. The molecule has 11 heavy (non-hydrogen) atoms. The molecule has 1 N–H and O–H groups in total. The molecule has 0 aromatic carbocycles. The van der Waals surface area contributed by atoms with Gasteiger partial charge < -0.3 is 9.80 Å². The highest BCUT2D eigenvalue weighted by Crippen LogP contribution is 2.10. The Morgan fingerprint density at radius 1 is 1.64 bits per heavy atom. The number of hydroxylamine groups is 2. The predicted octanol–water partition coefficient (Wildman–Crippen LogP) is -0.207. The van der Waals surface area contributed by atoms with Gasteiger partial charge >= 0.3 is 0 Å². The molecule has 1 fully saturated rings. The van der Waals surface area contributed by atoms with Crippen LogP contribution in [0.5, 0.6) is 0 Å². The van der Waals surface area contributed by atoms with Crippen LogP contribution in [0.1, 0.15) is 19.3 Å². The zero-order chi connectivity index (χ0) is 8.10. The largest absolute Gasteiger partial charge is 0.372 e. The van der Waals surface area contributed by atoms with Crippen LogP contribution in [0.25, 0.3) is 0 Å². The van der Waals surface area contributed by atoms with Gasteiger partial charge in [0.15, 0.2) is 0 Å². The van der Waals surface area contributed by atoms with E-state index in [1.54, 1.807) is 7.11 Å². The van der Waals surface area contributed by atoms with Gasteiger partial charge in [0.2, 0.25) is 0 Å². The van der Waals surface area contributed by atoms with E-state index in [1.165, 1.54) is 12.8 Å². The number of quaternary nitrogens is 1. The maximum atomic E-state index is 5.51. The summed E-state index contributed by atoms with van der Waals surface area (Å²) in [6, 6.07) is 0. The minimum Gasteiger partial charge on any atom is -0.372 e. The highest BCUT2D eigenvalue weighted by molar-refractivity contribution is 4.60.